The minimum Gasteiger partial charge on any atom is -0.488 e. The fourth-order valence-corrected chi connectivity index (χ4v) is 3.65. The van der Waals surface area contributed by atoms with E-state index in [4.69, 9.17) is 27.9 Å². The average molecular weight is 610 g/mol. The molecular formula is C21H13Cl2F3IN3O3. The first kappa shape index (κ1) is 25.1. The first-order chi connectivity index (χ1) is 15.5. The Morgan fingerprint density at radius 3 is 2.48 bits per heavy atom. The first-order valence-corrected chi connectivity index (χ1v) is 10.9. The summed E-state index contributed by atoms with van der Waals surface area (Å²) in [4.78, 5) is 10.2. The molecule has 0 unspecified atom stereocenters. The van der Waals surface area contributed by atoms with Gasteiger partial charge >= 0.3 is 6.18 Å². The molecule has 6 nitrogen and oxygen atoms in total. The molecule has 0 aromatic heterocycles. The van der Waals surface area contributed by atoms with Crippen LogP contribution in [0, 0.1) is 13.7 Å². The quantitative estimate of drug-likeness (QED) is 0.130. The third-order valence-corrected chi connectivity index (χ3v) is 5.84. The zero-order valence-corrected chi connectivity index (χ0v) is 20.0. The molecule has 0 radical (unpaired) electrons. The van der Waals surface area contributed by atoms with Gasteiger partial charge in [-0.3, -0.25) is 15.5 Å². The van der Waals surface area contributed by atoms with E-state index in [0.29, 0.717) is 27.4 Å². The number of nitro benzene ring substituents is 1. The van der Waals surface area contributed by atoms with Crippen LogP contribution < -0.4 is 10.2 Å². The molecule has 3 rings (SSSR count). The van der Waals surface area contributed by atoms with Crippen molar-refractivity contribution in [2.45, 2.75) is 12.8 Å². The summed E-state index contributed by atoms with van der Waals surface area (Å²) >= 11 is 14.0. The third kappa shape index (κ3) is 6.71. The zero-order chi connectivity index (χ0) is 24.2. The van der Waals surface area contributed by atoms with Crippen molar-refractivity contribution in [1.29, 1.82) is 0 Å². The highest BCUT2D eigenvalue weighted by molar-refractivity contribution is 14.1. The Labute approximate surface area is 209 Å². The van der Waals surface area contributed by atoms with Crippen LogP contribution in [0.1, 0.15) is 16.7 Å². The predicted octanol–water partition coefficient (Wildman–Crippen LogP) is 7.55. The van der Waals surface area contributed by atoms with Gasteiger partial charge in [0.1, 0.15) is 18.0 Å². The normalized spacial score (nSPS) is 11.6. The SMILES string of the molecule is O=[N+]([O-])c1cc(C(F)(F)F)ccc1N/N=C\c1ccc(OCc2ccc(Cl)c(Cl)c2)c(I)c1. The molecule has 172 valence electrons. The number of hydrazone groups is 1. The number of rotatable bonds is 7. The van der Waals surface area contributed by atoms with Gasteiger partial charge in [0.2, 0.25) is 0 Å². The number of hydrogen-bond acceptors (Lipinski definition) is 5. The number of nitrogens with one attached hydrogen (secondary N) is 1. The predicted molar refractivity (Wildman–Crippen MR) is 129 cm³/mol. The maximum atomic E-state index is 12.8. The monoisotopic (exact) mass is 609 g/mol. The number of hydrogen-bond donors (Lipinski definition) is 1. The lowest BCUT2D eigenvalue weighted by Gasteiger charge is -2.10. The van der Waals surface area contributed by atoms with Crippen molar-refractivity contribution >= 4 is 63.4 Å². The molecule has 0 amide bonds. The van der Waals surface area contributed by atoms with E-state index in [2.05, 4.69) is 33.1 Å². The molecule has 1 N–H and O–H groups in total. The summed E-state index contributed by atoms with van der Waals surface area (Å²) in [6, 6.07) is 12.5. The lowest BCUT2D eigenvalue weighted by molar-refractivity contribution is -0.384. The molecular weight excluding hydrogens is 597 g/mol. The molecule has 0 spiro atoms. The summed E-state index contributed by atoms with van der Waals surface area (Å²) in [5, 5.41) is 15.9. The molecule has 12 heteroatoms. The number of ether oxygens (including phenoxy) is 1. The molecule has 3 aromatic rings. The Morgan fingerprint density at radius 1 is 1.09 bits per heavy atom. The molecule has 0 saturated carbocycles. The van der Waals surface area contributed by atoms with Crippen molar-refractivity contribution in [2.75, 3.05) is 5.43 Å². The molecule has 0 aliphatic rings. The molecule has 33 heavy (non-hydrogen) atoms. The highest BCUT2D eigenvalue weighted by atomic mass is 127. The van der Waals surface area contributed by atoms with Gasteiger partial charge in [-0.2, -0.15) is 18.3 Å². The minimum atomic E-state index is -4.69. The topological polar surface area (TPSA) is 76.8 Å². The smallest absolute Gasteiger partial charge is 0.416 e. The second-order valence-corrected chi connectivity index (χ2v) is 8.56. The van der Waals surface area contributed by atoms with Gasteiger partial charge in [0.05, 0.1) is 30.3 Å². The number of nitro groups is 1. The molecule has 0 heterocycles. The summed E-state index contributed by atoms with van der Waals surface area (Å²) in [5.74, 6) is 0.616. The van der Waals surface area contributed by atoms with Crippen LogP contribution in [0.4, 0.5) is 24.5 Å². The second kappa shape index (κ2) is 10.6. The van der Waals surface area contributed by atoms with Gasteiger partial charge in [-0.05, 0) is 76.2 Å². The van der Waals surface area contributed by atoms with Crippen LogP contribution in [0.3, 0.4) is 0 Å². The van der Waals surface area contributed by atoms with Crippen LogP contribution in [0.25, 0.3) is 0 Å². The highest BCUT2D eigenvalue weighted by Gasteiger charge is 2.33. The van der Waals surface area contributed by atoms with Gasteiger partial charge in [-0.25, -0.2) is 0 Å². The summed E-state index contributed by atoms with van der Waals surface area (Å²) in [6.07, 6.45) is -3.31. The van der Waals surface area contributed by atoms with Gasteiger partial charge < -0.3 is 4.74 Å². The van der Waals surface area contributed by atoms with E-state index in [1.165, 1.54) is 6.21 Å². The number of alkyl halides is 3. The van der Waals surface area contributed by atoms with E-state index in [9.17, 15) is 23.3 Å². The molecule has 0 aliphatic carbocycles. The van der Waals surface area contributed by atoms with Crippen LogP contribution in [-0.4, -0.2) is 11.1 Å². The van der Waals surface area contributed by atoms with Gasteiger partial charge in [-0.15, -0.1) is 0 Å². The Balaban J connectivity index is 1.68. The van der Waals surface area contributed by atoms with Crippen LogP contribution in [-0.2, 0) is 12.8 Å². The Hall–Kier alpha value is -2.57. The van der Waals surface area contributed by atoms with Crippen molar-refractivity contribution in [2.24, 2.45) is 5.10 Å². The zero-order valence-electron chi connectivity index (χ0n) is 16.4. The van der Waals surface area contributed by atoms with Gasteiger partial charge in [-0.1, -0.05) is 29.3 Å². The van der Waals surface area contributed by atoms with E-state index in [1.807, 2.05) is 0 Å². The summed E-state index contributed by atoms with van der Waals surface area (Å²) in [7, 11) is 0. The van der Waals surface area contributed by atoms with E-state index >= 15 is 0 Å². The number of halogens is 6. The fourth-order valence-electron chi connectivity index (χ4n) is 2.63. The number of benzene rings is 3. The molecule has 3 aromatic carbocycles. The van der Waals surface area contributed by atoms with E-state index in [1.54, 1.807) is 36.4 Å². The summed E-state index contributed by atoms with van der Waals surface area (Å²) in [5.41, 5.74) is 1.88. The molecule has 0 fully saturated rings. The van der Waals surface area contributed by atoms with Crippen molar-refractivity contribution in [3.63, 3.8) is 0 Å². The molecule has 0 saturated heterocycles. The van der Waals surface area contributed by atoms with Crippen molar-refractivity contribution in [1.82, 2.24) is 0 Å². The Morgan fingerprint density at radius 2 is 1.85 bits per heavy atom. The lowest BCUT2D eigenvalue weighted by atomic mass is 10.1. The minimum absolute atomic E-state index is 0.166. The Bertz CT molecular complexity index is 1220. The average Bonchev–Trinajstić information content (AvgIpc) is 2.75. The van der Waals surface area contributed by atoms with Crippen LogP contribution >= 0.6 is 45.8 Å². The van der Waals surface area contributed by atoms with Gasteiger partial charge in [0.25, 0.3) is 5.69 Å². The van der Waals surface area contributed by atoms with E-state index < -0.39 is 22.4 Å². The standard InChI is InChI=1S/C21H13Cl2F3IN3O3/c22-15-4-1-13(7-16(15)23)11-33-20-6-2-12(8-17(20)27)10-28-29-18-5-3-14(21(24,25)26)9-19(18)30(31)32/h1-10,29H,11H2/b28-10-. The lowest BCUT2D eigenvalue weighted by Crippen LogP contribution is -2.06. The maximum Gasteiger partial charge on any atom is 0.416 e. The van der Waals surface area contributed by atoms with Gasteiger partial charge in [0, 0.05) is 6.07 Å². The molecule has 0 aliphatic heterocycles. The first-order valence-electron chi connectivity index (χ1n) is 9.05. The van der Waals surface area contributed by atoms with E-state index in [-0.39, 0.29) is 12.3 Å². The number of anilines is 1. The highest BCUT2D eigenvalue weighted by Crippen LogP contribution is 2.35. The van der Waals surface area contributed by atoms with Crippen molar-refractivity contribution in [3.05, 3.63) is 95.0 Å². The van der Waals surface area contributed by atoms with Crippen LogP contribution in [0.15, 0.2) is 59.7 Å². The molecule has 0 bridgehead atoms. The summed E-state index contributed by atoms with van der Waals surface area (Å²) < 4.78 is 45.0. The second-order valence-electron chi connectivity index (χ2n) is 6.58. The fraction of sp³-hybridized carbons (Fsp3) is 0.0952. The maximum absolute atomic E-state index is 12.8. The Kier molecular flexibility index (Phi) is 8.03. The summed E-state index contributed by atoms with van der Waals surface area (Å²) in [6.45, 7) is 0.277. The van der Waals surface area contributed by atoms with Crippen LogP contribution in [0.2, 0.25) is 10.0 Å². The molecule has 0 atom stereocenters. The van der Waals surface area contributed by atoms with E-state index in [0.717, 1.165) is 21.3 Å². The third-order valence-electron chi connectivity index (χ3n) is 4.25. The largest absolute Gasteiger partial charge is 0.488 e. The van der Waals surface area contributed by atoms with Crippen LogP contribution in [0.5, 0.6) is 5.75 Å². The van der Waals surface area contributed by atoms with Gasteiger partial charge in [0.15, 0.2) is 0 Å². The number of nitrogens with zero attached hydrogens (tertiary/aromatic N) is 2. The van der Waals surface area contributed by atoms with Crippen molar-refractivity contribution in [3.8, 4) is 5.75 Å². The van der Waals surface area contributed by atoms with Crippen molar-refractivity contribution < 1.29 is 22.8 Å².